The summed E-state index contributed by atoms with van der Waals surface area (Å²) >= 11 is 13.7. The van der Waals surface area contributed by atoms with Crippen molar-refractivity contribution in [1.29, 1.82) is 0 Å². The van der Waals surface area contributed by atoms with Crippen LogP contribution in [0, 0.1) is 21.2 Å². The Bertz CT molecular complexity index is 1400. The summed E-state index contributed by atoms with van der Waals surface area (Å²) in [6.45, 7) is -2.80. The molecule has 1 aliphatic rings. The van der Waals surface area contributed by atoms with E-state index < -0.39 is 23.6 Å². The Hall–Kier alpha value is -3.35. The first-order valence-corrected chi connectivity index (χ1v) is 13.9. The van der Waals surface area contributed by atoms with Crippen LogP contribution in [-0.4, -0.2) is 30.4 Å². The second kappa shape index (κ2) is 12.9. The predicted octanol–water partition coefficient (Wildman–Crippen LogP) is 6.79. The summed E-state index contributed by atoms with van der Waals surface area (Å²) in [6, 6.07) is 8.03. The van der Waals surface area contributed by atoms with Crippen molar-refractivity contribution in [2.24, 2.45) is 5.92 Å². The quantitative estimate of drug-likeness (QED) is 0.0547. The highest BCUT2D eigenvalue weighted by Gasteiger charge is 2.27. The van der Waals surface area contributed by atoms with Gasteiger partial charge in [0.2, 0.25) is 0 Å². The molecular weight excluding hydrogens is 593 g/mol. The lowest BCUT2D eigenvalue weighted by molar-refractivity contribution is -0.605. The molecule has 14 heteroatoms. The van der Waals surface area contributed by atoms with E-state index in [9.17, 15) is 28.9 Å². The summed E-state index contributed by atoms with van der Waals surface area (Å²) in [7, 11) is 0. The van der Waals surface area contributed by atoms with Gasteiger partial charge in [0.1, 0.15) is 16.1 Å². The third-order valence-corrected chi connectivity index (χ3v) is 7.47. The molecule has 9 nitrogen and oxygen atoms in total. The third kappa shape index (κ3) is 7.43. The SMILES string of the molecule is CSc1ccc(C(=O)OC(Cc2c(Cl)c[n+]([O-])cc2Cl)c2ccc(OC(F)F)c(OCC3CC3)c2)cc1[N+](=O)[O-]. The number of hydrogen-bond donors (Lipinski definition) is 0. The Balaban J connectivity index is 1.72. The molecule has 0 radical (unpaired) electrons. The van der Waals surface area contributed by atoms with Gasteiger partial charge >= 0.3 is 12.6 Å². The summed E-state index contributed by atoms with van der Waals surface area (Å²) < 4.78 is 42.6. The van der Waals surface area contributed by atoms with E-state index in [1.54, 1.807) is 6.26 Å². The topological polar surface area (TPSA) is 115 Å². The molecule has 3 aromatic rings. The van der Waals surface area contributed by atoms with Crippen LogP contribution < -0.4 is 14.2 Å². The van der Waals surface area contributed by atoms with E-state index in [0.29, 0.717) is 27.7 Å². The first-order chi connectivity index (χ1) is 19.0. The molecule has 4 rings (SSSR count). The monoisotopic (exact) mass is 614 g/mol. The van der Waals surface area contributed by atoms with Crippen LogP contribution in [0.15, 0.2) is 53.7 Å². The molecule has 0 spiro atoms. The molecule has 1 unspecified atom stereocenters. The first kappa shape index (κ1) is 29.6. The zero-order valence-corrected chi connectivity index (χ0v) is 23.2. The minimum Gasteiger partial charge on any atom is -0.619 e. The number of ether oxygens (including phenoxy) is 3. The maximum Gasteiger partial charge on any atom is 0.387 e. The average molecular weight is 615 g/mol. The van der Waals surface area contributed by atoms with Crippen molar-refractivity contribution in [3.05, 3.63) is 90.8 Å². The van der Waals surface area contributed by atoms with E-state index >= 15 is 0 Å². The molecule has 1 heterocycles. The maximum absolute atomic E-state index is 13.2. The summed E-state index contributed by atoms with van der Waals surface area (Å²) in [5.74, 6) is -0.766. The molecule has 1 fully saturated rings. The number of carbonyl (C=O) groups is 1. The highest BCUT2D eigenvalue weighted by atomic mass is 35.5. The Morgan fingerprint density at radius 2 is 1.85 bits per heavy atom. The fraction of sp³-hybridized carbons (Fsp3) is 0.308. The molecule has 0 saturated heterocycles. The number of nitrogens with zero attached hydrogens (tertiary/aromatic N) is 2. The van der Waals surface area contributed by atoms with Crippen LogP contribution in [-0.2, 0) is 11.2 Å². The van der Waals surface area contributed by atoms with E-state index in [1.165, 1.54) is 30.3 Å². The standard InChI is InChI=1S/C26H22Cl2F2N2O7S/c1-40-24-7-5-16(8-20(24)32(35)36)25(33)38-22(10-17-18(27)11-31(34)12-19(17)28)15-4-6-21(39-26(29)30)23(9-15)37-13-14-2-3-14/h4-9,11-12,14,22,26H,2-3,10,13H2,1H3. The zero-order valence-electron chi connectivity index (χ0n) is 20.9. The van der Waals surface area contributed by atoms with Gasteiger partial charge in [0.05, 0.1) is 22.0 Å². The summed E-state index contributed by atoms with van der Waals surface area (Å²) in [6.07, 6.45) is 4.50. The van der Waals surface area contributed by atoms with Gasteiger partial charge in [-0.05, 0) is 54.8 Å². The number of aromatic nitrogens is 1. The molecular formula is C26H22Cl2F2N2O7S. The van der Waals surface area contributed by atoms with E-state index in [-0.39, 0.29) is 44.8 Å². The van der Waals surface area contributed by atoms with Gasteiger partial charge in [0.15, 0.2) is 23.9 Å². The van der Waals surface area contributed by atoms with Gasteiger partial charge in [-0.15, -0.1) is 11.8 Å². The molecule has 2 aromatic carbocycles. The van der Waals surface area contributed by atoms with E-state index in [2.05, 4.69) is 4.74 Å². The van der Waals surface area contributed by atoms with Crippen molar-refractivity contribution < 1.29 is 37.4 Å². The number of halogens is 4. The number of nitro groups is 1. The maximum atomic E-state index is 13.2. The molecule has 212 valence electrons. The van der Waals surface area contributed by atoms with Crippen LogP contribution in [0.25, 0.3) is 0 Å². The van der Waals surface area contributed by atoms with E-state index in [1.807, 2.05) is 0 Å². The van der Waals surface area contributed by atoms with Crippen LogP contribution >= 0.6 is 35.0 Å². The van der Waals surface area contributed by atoms with Gasteiger partial charge in [-0.1, -0.05) is 29.3 Å². The van der Waals surface area contributed by atoms with Crippen molar-refractivity contribution in [1.82, 2.24) is 0 Å². The lowest BCUT2D eigenvalue weighted by Crippen LogP contribution is -2.25. The normalized spacial score (nSPS) is 13.7. The van der Waals surface area contributed by atoms with Crippen molar-refractivity contribution in [2.45, 2.75) is 36.9 Å². The van der Waals surface area contributed by atoms with Gasteiger partial charge in [-0.25, -0.2) is 4.79 Å². The zero-order chi connectivity index (χ0) is 29.0. The lowest BCUT2D eigenvalue weighted by atomic mass is 10.0. The second-order valence-electron chi connectivity index (χ2n) is 8.87. The van der Waals surface area contributed by atoms with Crippen LogP contribution in [0.3, 0.4) is 0 Å². The van der Waals surface area contributed by atoms with Crippen LogP contribution in [0.1, 0.15) is 40.4 Å². The number of alkyl halides is 2. The summed E-state index contributed by atoms with van der Waals surface area (Å²) in [4.78, 5) is 24.5. The van der Waals surface area contributed by atoms with Crippen LogP contribution in [0.5, 0.6) is 11.5 Å². The number of thioether (sulfide) groups is 1. The van der Waals surface area contributed by atoms with Crippen molar-refractivity contribution >= 4 is 46.6 Å². The highest BCUT2D eigenvalue weighted by molar-refractivity contribution is 7.98. The molecule has 1 aliphatic carbocycles. The number of hydrogen-bond acceptors (Lipinski definition) is 8. The fourth-order valence-electron chi connectivity index (χ4n) is 3.82. The van der Waals surface area contributed by atoms with Crippen molar-refractivity contribution in [3.8, 4) is 11.5 Å². The van der Waals surface area contributed by atoms with Gasteiger partial charge < -0.3 is 19.4 Å². The molecule has 0 amide bonds. The number of rotatable bonds is 12. The first-order valence-electron chi connectivity index (χ1n) is 11.9. The van der Waals surface area contributed by atoms with E-state index in [0.717, 1.165) is 43.1 Å². The fourth-order valence-corrected chi connectivity index (χ4v) is 4.96. The van der Waals surface area contributed by atoms with Gasteiger partial charge in [-0.3, -0.25) is 10.1 Å². The van der Waals surface area contributed by atoms with Gasteiger partial charge in [0, 0.05) is 18.1 Å². The number of carbonyl (C=O) groups excluding carboxylic acids is 1. The molecule has 1 saturated carbocycles. The smallest absolute Gasteiger partial charge is 0.387 e. The van der Waals surface area contributed by atoms with Crippen LogP contribution in [0.4, 0.5) is 14.5 Å². The van der Waals surface area contributed by atoms with Crippen molar-refractivity contribution in [3.63, 3.8) is 0 Å². The second-order valence-corrected chi connectivity index (χ2v) is 10.5. The Morgan fingerprint density at radius 3 is 2.45 bits per heavy atom. The number of esters is 1. The van der Waals surface area contributed by atoms with Gasteiger partial charge in [0.25, 0.3) is 5.69 Å². The number of nitro benzene ring substituents is 1. The number of pyridine rings is 1. The summed E-state index contributed by atoms with van der Waals surface area (Å²) in [5, 5.41) is 23.3. The molecule has 1 aromatic heterocycles. The minimum atomic E-state index is -3.09. The third-order valence-electron chi connectivity index (χ3n) is 6.03. The summed E-state index contributed by atoms with van der Waals surface area (Å²) in [5.41, 5.74) is 0.254. The Kier molecular flexibility index (Phi) is 9.54. The Morgan fingerprint density at radius 1 is 1.15 bits per heavy atom. The lowest BCUT2D eigenvalue weighted by Gasteiger charge is -2.21. The molecule has 40 heavy (non-hydrogen) atoms. The average Bonchev–Trinajstić information content (AvgIpc) is 3.73. The molecule has 0 N–H and O–H groups in total. The number of benzene rings is 2. The van der Waals surface area contributed by atoms with E-state index in [4.69, 9.17) is 32.7 Å². The minimum absolute atomic E-state index is 0.00590. The van der Waals surface area contributed by atoms with Crippen LogP contribution in [0.2, 0.25) is 10.0 Å². The predicted molar refractivity (Wildman–Crippen MR) is 143 cm³/mol. The molecule has 1 atom stereocenters. The molecule has 0 aliphatic heterocycles. The largest absolute Gasteiger partial charge is 0.619 e. The Labute approximate surface area is 241 Å². The molecule has 0 bridgehead atoms. The van der Waals surface area contributed by atoms with Gasteiger partial charge in [-0.2, -0.15) is 13.5 Å². The highest BCUT2D eigenvalue weighted by Crippen LogP contribution is 2.38. The van der Waals surface area contributed by atoms with Crippen molar-refractivity contribution in [2.75, 3.05) is 12.9 Å².